The molecule has 0 spiro atoms. The van der Waals surface area contributed by atoms with Crippen molar-refractivity contribution in [1.29, 1.82) is 5.26 Å². The molecule has 0 fully saturated rings. The summed E-state index contributed by atoms with van der Waals surface area (Å²) in [4.78, 5) is 10.9. The molecule has 0 radical (unpaired) electrons. The third kappa shape index (κ3) is 2.75. The summed E-state index contributed by atoms with van der Waals surface area (Å²) in [5.41, 5.74) is 5.40. The monoisotopic (exact) mass is 236 g/mol. The maximum absolute atomic E-state index is 10.9. The van der Waals surface area contributed by atoms with Crippen molar-refractivity contribution in [3.8, 4) is 11.8 Å². The minimum Gasteiger partial charge on any atom is -0.496 e. The molecule has 1 aromatic carbocycles. The van der Waals surface area contributed by atoms with Gasteiger partial charge in [0.2, 0.25) is 0 Å². The summed E-state index contributed by atoms with van der Waals surface area (Å²) in [6.45, 7) is 0. The van der Waals surface area contributed by atoms with Crippen molar-refractivity contribution in [1.82, 2.24) is 0 Å². The van der Waals surface area contributed by atoms with E-state index in [4.69, 9.17) is 27.3 Å². The van der Waals surface area contributed by atoms with E-state index in [0.29, 0.717) is 16.3 Å². The predicted molar refractivity (Wildman–Crippen MR) is 60.8 cm³/mol. The number of halogens is 1. The fourth-order valence-electron chi connectivity index (χ4n) is 1.13. The molecule has 0 aliphatic heterocycles. The van der Waals surface area contributed by atoms with E-state index < -0.39 is 5.91 Å². The van der Waals surface area contributed by atoms with Crippen molar-refractivity contribution in [2.45, 2.75) is 0 Å². The molecule has 1 rings (SSSR count). The highest BCUT2D eigenvalue weighted by molar-refractivity contribution is 6.30. The Morgan fingerprint density at radius 1 is 1.62 bits per heavy atom. The van der Waals surface area contributed by atoms with Gasteiger partial charge in [-0.05, 0) is 24.3 Å². The standard InChI is InChI=1S/C11H9ClN2O2/c1-16-10-3-2-9(12)5-7(10)4-8(6-13)11(14)15/h2-5H,1H3,(H2,14,15)/b8-4-. The number of nitriles is 1. The van der Waals surface area contributed by atoms with Gasteiger partial charge in [-0.1, -0.05) is 11.6 Å². The summed E-state index contributed by atoms with van der Waals surface area (Å²) in [5.74, 6) is -0.275. The SMILES string of the molecule is COc1ccc(Cl)cc1/C=C(/C#N)C(N)=O. The lowest BCUT2D eigenvalue weighted by Crippen LogP contribution is -2.12. The van der Waals surface area contributed by atoms with E-state index in [1.54, 1.807) is 24.3 Å². The molecule has 82 valence electrons. The average Bonchev–Trinajstić information content (AvgIpc) is 2.25. The van der Waals surface area contributed by atoms with Crippen molar-refractivity contribution in [2.75, 3.05) is 7.11 Å². The molecule has 0 aromatic heterocycles. The van der Waals surface area contributed by atoms with Crippen LogP contribution in [0.3, 0.4) is 0 Å². The summed E-state index contributed by atoms with van der Waals surface area (Å²) >= 11 is 5.80. The second-order valence-electron chi connectivity index (χ2n) is 2.92. The molecular formula is C11H9ClN2O2. The van der Waals surface area contributed by atoms with E-state index in [2.05, 4.69) is 0 Å². The van der Waals surface area contributed by atoms with Gasteiger partial charge in [0.25, 0.3) is 5.91 Å². The number of rotatable bonds is 3. The van der Waals surface area contributed by atoms with Gasteiger partial charge in [0.15, 0.2) is 0 Å². The number of amides is 1. The van der Waals surface area contributed by atoms with Crippen LogP contribution in [0.5, 0.6) is 5.75 Å². The van der Waals surface area contributed by atoms with Crippen molar-refractivity contribution in [2.24, 2.45) is 5.73 Å². The van der Waals surface area contributed by atoms with Gasteiger partial charge in [0.1, 0.15) is 17.4 Å². The molecule has 0 unspecified atom stereocenters. The Hall–Kier alpha value is -1.99. The van der Waals surface area contributed by atoms with Gasteiger partial charge in [0.05, 0.1) is 7.11 Å². The van der Waals surface area contributed by atoms with E-state index in [9.17, 15) is 4.79 Å². The molecule has 1 amide bonds. The number of nitrogens with zero attached hydrogens (tertiary/aromatic N) is 1. The van der Waals surface area contributed by atoms with Crippen LogP contribution >= 0.6 is 11.6 Å². The molecule has 2 N–H and O–H groups in total. The number of carbonyl (C=O) groups excluding carboxylic acids is 1. The Morgan fingerprint density at radius 2 is 2.31 bits per heavy atom. The number of nitrogens with two attached hydrogens (primary N) is 1. The number of ether oxygens (including phenoxy) is 1. The van der Waals surface area contributed by atoms with Crippen LogP contribution in [0.1, 0.15) is 5.56 Å². The van der Waals surface area contributed by atoms with E-state index in [0.717, 1.165) is 0 Å². The fourth-order valence-corrected chi connectivity index (χ4v) is 1.31. The van der Waals surface area contributed by atoms with Crippen molar-refractivity contribution in [3.63, 3.8) is 0 Å². The highest BCUT2D eigenvalue weighted by atomic mass is 35.5. The van der Waals surface area contributed by atoms with Crippen LogP contribution in [0.4, 0.5) is 0 Å². The minimum absolute atomic E-state index is 0.152. The van der Waals surface area contributed by atoms with Gasteiger partial charge in [-0.15, -0.1) is 0 Å². The van der Waals surface area contributed by atoms with Gasteiger partial charge in [-0.2, -0.15) is 5.26 Å². The normalized spacial score (nSPS) is 10.7. The van der Waals surface area contributed by atoms with Crippen LogP contribution in [0.2, 0.25) is 5.02 Å². The minimum atomic E-state index is -0.787. The molecule has 1 aromatic rings. The van der Waals surface area contributed by atoms with Crippen LogP contribution in [-0.4, -0.2) is 13.0 Å². The van der Waals surface area contributed by atoms with Gasteiger partial charge in [-0.3, -0.25) is 4.79 Å². The predicted octanol–water partition coefficient (Wildman–Crippen LogP) is 1.74. The van der Waals surface area contributed by atoms with Gasteiger partial charge < -0.3 is 10.5 Å². The van der Waals surface area contributed by atoms with Crippen LogP contribution in [0, 0.1) is 11.3 Å². The van der Waals surface area contributed by atoms with Gasteiger partial charge in [-0.25, -0.2) is 0 Å². The number of hydrogen-bond acceptors (Lipinski definition) is 3. The molecule has 0 atom stereocenters. The smallest absolute Gasteiger partial charge is 0.259 e. The maximum atomic E-state index is 10.9. The number of hydrogen-bond donors (Lipinski definition) is 1. The molecule has 0 saturated carbocycles. The Balaban J connectivity index is 3.27. The van der Waals surface area contributed by atoms with Crippen LogP contribution in [0.25, 0.3) is 6.08 Å². The molecule has 0 aliphatic carbocycles. The lowest BCUT2D eigenvalue weighted by Gasteiger charge is -2.05. The fraction of sp³-hybridized carbons (Fsp3) is 0.0909. The van der Waals surface area contributed by atoms with Crippen molar-refractivity contribution >= 4 is 23.6 Å². The molecule has 0 bridgehead atoms. The van der Waals surface area contributed by atoms with E-state index in [-0.39, 0.29) is 5.57 Å². The second kappa shape index (κ2) is 5.19. The van der Waals surface area contributed by atoms with E-state index >= 15 is 0 Å². The summed E-state index contributed by atoms with van der Waals surface area (Å²) in [7, 11) is 1.48. The van der Waals surface area contributed by atoms with Gasteiger partial charge in [0, 0.05) is 10.6 Å². The summed E-state index contributed by atoms with van der Waals surface area (Å²) in [6, 6.07) is 6.58. The molecule has 0 heterocycles. The number of methoxy groups -OCH3 is 1. The molecular weight excluding hydrogens is 228 g/mol. The highest BCUT2D eigenvalue weighted by Crippen LogP contribution is 2.24. The molecule has 0 aliphatic rings. The topological polar surface area (TPSA) is 76.1 Å². The average molecular weight is 237 g/mol. The second-order valence-corrected chi connectivity index (χ2v) is 3.36. The molecule has 0 saturated heterocycles. The zero-order valence-electron chi connectivity index (χ0n) is 8.53. The number of primary amides is 1. The third-order valence-electron chi connectivity index (χ3n) is 1.88. The number of carbonyl (C=O) groups is 1. The van der Waals surface area contributed by atoms with E-state index in [1.165, 1.54) is 13.2 Å². The van der Waals surface area contributed by atoms with Crippen molar-refractivity contribution < 1.29 is 9.53 Å². The van der Waals surface area contributed by atoms with Crippen molar-refractivity contribution in [3.05, 3.63) is 34.4 Å². The van der Waals surface area contributed by atoms with Gasteiger partial charge >= 0.3 is 0 Å². The molecule has 16 heavy (non-hydrogen) atoms. The maximum Gasteiger partial charge on any atom is 0.259 e. The Bertz CT molecular complexity index is 489. The third-order valence-corrected chi connectivity index (χ3v) is 2.11. The van der Waals surface area contributed by atoms with Crippen LogP contribution < -0.4 is 10.5 Å². The Morgan fingerprint density at radius 3 is 2.81 bits per heavy atom. The lowest BCUT2D eigenvalue weighted by atomic mass is 10.1. The number of benzene rings is 1. The van der Waals surface area contributed by atoms with Crippen LogP contribution in [0.15, 0.2) is 23.8 Å². The van der Waals surface area contributed by atoms with Crippen LogP contribution in [-0.2, 0) is 4.79 Å². The summed E-state index contributed by atoms with van der Waals surface area (Å²) in [6.07, 6.45) is 1.34. The first-order valence-corrected chi connectivity index (χ1v) is 4.71. The quantitative estimate of drug-likeness (QED) is 0.642. The summed E-state index contributed by atoms with van der Waals surface area (Å²) < 4.78 is 5.06. The Kier molecular flexibility index (Phi) is 3.92. The lowest BCUT2D eigenvalue weighted by molar-refractivity contribution is -0.114. The summed E-state index contributed by atoms with van der Waals surface area (Å²) in [5, 5.41) is 9.18. The highest BCUT2D eigenvalue weighted by Gasteiger charge is 2.07. The Labute approximate surface area is 97.9 Å². The van der Waals surface area contributed by atoms with E-state index in [1.807, 2.05) is 0 Å². The first-order valence-electron chi connectivity index (χ1n) is 4.33. The molecule has 4 nitrogen and oxygen atoms in total. The first-order chi connectivity index (χ1) is 7.58. The zero-order valence-corrected chi connectivity index (χ0v) is 9.28. The largest absolute Gasteiger partial charge is 0.496 e. The zero-order chi connectivity index (χ0) is 12.1. The molecule has 5 heteroatoms. The first kappa shape index (κ1) is 12.1.